The summed E-state index contributed by atoms with van der Waals surface area (Å²) in [5.74, 6) is -4.00. The highest BCUT2D eigenvalue weighted by Crippen LogP contribution is 2.56. The van der Waals surface area contributed by atoms with Crippen molar-refractivity contribution in [2.45, 2.75) is 18.8 Å². The smallest absolute Gasteiger partial charge is 0.238 e. The molecule has 1 fully saturated rings. The fourth-order valence-corrected chi connectivity index (χ4v) is 6.92. The number of hydrogen-bond acceptors (Lipinski definition) is 5. The van der Waals surface area contributed by atoms with Gasteiger partial charge in [0.1, 0.15) is 5.75 Å². The van der Waals surface area contributed by atoms with Crippen molar-refractivity contribution in [3.8, 4) is 5.75 Å². The number of halogens is 3. The number of rotatable bonds is 2. The quantitative estimate of drug-likeness (QED) is 0.273. The van der Waals surface area contributed by atoms with Crippen LogP contribution in [0.2, 0.25) is 10.0 Å². The Labute approximate surface area is 230 Å². The van der Waals surface area contributed by atoms with Crippen molar-refractivity contribution in [2.24, 2.45) is 17.8 Å². The molecule has 186 valence electrons. The molecule has 4 aliphatic rings. The van der Waals surface area contributed by atoms with Gasteiger partial charge in [-0.1, -0.05) is 34.9 Å². The van der Waals surface area contributed by atoms with Crippen molar-refractivity contribution in [1.82, 2.24) is 0 Å². The molecule has 0 radical (unpaired) electrons. The zero-order chi connectivity index (χ0) is 26.2. The van der Waals surface area contributed by atoms with Gasteiger partial charge in [-0.25, -0.2) is 0 Å². The third-order valence-corrected chi connectivity index (χ3v) is 8.79. The largest absolute Gasteiger partial charge is 0.508 e. The molecule has 1 N–H and O–H groups in total. The number of amides is 2. The number of carbonyl (C=O) groups is 4. The van der Waals surface area contributed by atoms with Gasteiger partial charge in [0, 0.05) is 38.7 Å². The average molecular weight is 599 g/mol. The molecule has 0 unspecified atom stereocenters. The van der Waals surface area contributed by atoms with Gasteiger partial charge >= 0.3 is 0 Å². The first kappa shape index (κ1) is 24.3. The Hall–Kier alpha value is -3.00. The molecule has 3 aliphatic carbocycles. The highest BCUT2D eigenvalue weighted by Gasteiger charge is 2.56. The van der Waals surface area contributed by atoms with Crippen LogP contribution in [0.5, 0.6) is 5.75 Å². The normalized spacial score (nSPS) is 27.1. The Morgan fingerprint density at radius 2 is 1.62 bits per heavy atom. The summed E-state index contributed by atoms with van der Waals surface area (Å²) in [7, 11) is 0. The van der Waals surface area contributed by atoms with E-state index in [4.69, 9.17) is 23.2 Å². The number of ketones is 2. The van der Waals surface area contributed by atoms with Crippen molar-refractivity contribution in [1.29, 1.82) is 0 Å². The number of fused-ring (bicyclic) bond motifs is 3. The molecule has 0 bridgehead atoms. The van der Waals surface area contributed by atoms with Crippen LogP contribution in [0, 0.1) is 17.8 Å². The highest BCUT2D eigenvalue weighted by atomic mass is 79.9. The van der Waals surface area contributed by atoms with E-state index in [9.17, 15) is 24.3 Å². The molecule has 1 aliphatic heterocycles. The van der Waals surface area contributed by atoms with Crippen molar-refractivity contribution in [3.05, 3.63) is 91.4 Å². The first-order chi connectivity index (χ1) is 17.7. The zero-order valence-electron chi connectivity index (χ0n) is 19.1. The van der Waals surface area contributed by atoms with Gasteiger partial charge in [-0.2, -0.15) is 0 Å². The number of aromatic hydroxyl groups is 1. The number of nitrogens with zero attached hydrogens (tertiary/aromatic N) is 1. The molecule has 37 heavy (non-hydrogen) atoms. The summed E-state index contributed by atoms with van der Waals surface area (Å²) >= 11 is 15.5. The molecule has 0 spiro atoms. The van der Waals surface area contributed by atoms with E-state index < -0.39 is 23.7 Å². The third-order valence-electron chi connectivity index (χ3n) is 7.72. The second-order valence-corrected chi connectivity index (χ2v) is 11.3. The summed E-state index contributed by atoms with van der Waals surface area (Å²) < 4.78 is 0.140. The van der Waals surface area contributed by atoms with Crippen LogP contribution in [0.3, 0.4) is 0 Å². The monoisotopic (exact) mass is 597 g/mol. The van der Waals surface area contributed by atoms with Crippen LogP contribution in [0.15, 0.2) is 75.8 Å². The summed E-state index contributed by atoms with van der Waals surface area (Å²) in [6.45, 7) is 0. The fraction of sp³-hybridized carbons (Fsp3) is 0.214. The number of Topliss-reactive ketones (excluding diaryl/α,β-unsaturated/α-hetero) is 1. The molecular weight excluding hydrogens is 581 g/mol. The molecule has 9 heteroatoms. The Bertz CT molecular complexity index is 1520. The summed E-state index contributed by atoms with van der Waals surface area (Å²) in [5, 5.41) is 11.6. The van der Waals surface area contributed by atoms with Crippen LogP contribution in [-0.2, 0) is 19.2 Å². The van der Waals surface area contributed by atoms with Crippen LogP contribution in [0.4, 0.5) is 5.69 Å². The van der Waals surface area contributed by atoms with Gasteiger partial charge in [0.2, 0.25) is 11.8 Å². The van der Waals surface area contributed by atoms with E-state index in [0.29, 0.717) is 27.7 Å². The number of hydrogen-bond donors (Lipinski definition) is 1. The van der Waals surface area contributed by atoms with Crippen molar-refractivity contribution in [3.63, 3.8) is 0 Å². The predicted octanol–water partition coefficient (Wildman–Crippen LogP) is 5.67. The van der Waals surface area contributed by atoms with Crippen LogP contribution >= 0.6 is 39.1 Å². The first-order valence-electron chi connectivity index (χ1n) is 11.7. The SMILES string of the molecule is O=C1C=C(Br)C(=O)C2=C1[C@@H](c1cc(Cl)ccc1O)C1=CC[C@@H]3C(=O)N(c4ccc(Cl)cc4)C(=O)[C@@H]3[C@@H]1C2. The second kappa shape index (κ2) is 8.79. The number of benzene rings is 2. The van der Waals surface area contributed by atoms with E-state index in [1.807, 2.05) is 6.08 Å². The van der Waals surface area contributed by atoms with Gasteiger partial charge in [0.25, 0.3) is 0 Å². The number of phenolic OH excluding ortho intramolecular Hbond substituents is 1. The molecule has 0 saturated carbocycles. The lowest BCUT2D eigenvalue weighted by molar-refractivity contribution is -0.123. The molecular formula is C28H18BrCl2NO5. The van der Waals surface area contributed by atoms with E-state index in [0.717, 1.165) is 5.57 Å². The standard InChI is InChI=1S/C28H18BrCl2NO5/c29-20-11-22(34)25-19(26(20)35)10-17-15(23(25)18-9-13(31)3-8-21(18)33)6-7-16-24(17)28(37)32(27(16)36)14-4-1-12(30)2-5-14/h1-6,8-9,11,16-17,23-24,33H,7,10H2/t16-,17+,23+,24-/m0/s1. The fourth-order valence-electron chi connectivity index (χ4n) is 6.16. The van der Waals surface area contributed by atoms with E-state index >= 15 is 0 Å². The summed E-state index contributed by atoms with van der Waals surface area (Å²) in [5.41, 5.74) is 2.12. The molecule has 2 aromatic rings. The molecule has 2 aromatic carbocycles. The number of imide groups is 1. The number of allylic oxidation sites excluding steroid dienone is 6. The maximum Gasteiger partial charge on any atom is 0.238 e. The van der Waals surface area contributed by atoms with Crippen molar-refractivity contribution in [2.75, 3.05) is 4.90 Å². The van der Waals surface area contributed by atoms with Crippen molar-refractivity contribution < 1.29 is 24.3 Å². The minimum Gasteiger partial charge on any atom is -0.508 e. The maximum atomic E-state index is 13.8. The molecule has 4 atom stereocenters. The van der Waals surface area contributed by atoms with E-state index in [1.165, 1.54) is 23.1 Å². The lowest BCUT2D eigenvalue weighted by Crippen LogP contribution is -2.39. The second-order valence-electron chi connectivity index (χ2n) is 9.59. The summed E-state index contributed by atoms with van der Waals surface area (Å²) in [6.07, 6.45) is 3.57. The average Bonchev–Trinajstić information content (AvgIpc) is 3.13. The minimum atomic E-state index is -0.769. The van der Waals surface area contributed by atoms with Crippen LogP contribution in [0.25, 0.3) is 0 Å². The highest BCUT2D eigenvalue weighted by molar-refractivity contribution is 9.12. The number of carbonyl (C=O) groups excluding carboxylic acids is 4. The molecule has 6 rings (SSSR count). The topological polar surface area (TPSA) is 91.8 Å². The Kier molecular flexibility index (Phi) is 5.78. The van der Waals surface area contributed by atoms with Crippen LogP contribution in [-0.4, -0.2) is 28.5 Å². The van der Waals surface area contributed by atoms with Gasteiger partial charge in [0.05, 0.1) is 22.0 Å². The Morgan fingerprint density at radius 3 is 2.35 bits per heavy atom. The van der Waals surface area contributed by atoms with E-state index in [-0.39, 0.29) is 51.2 Å². The van der Waals surface area contributed by atoms with E-state index in [1.54, 1.807) is 30.3 Å². The molecule has 1 heterocycles. The molecule has 2 amide bonds. The predicted molar refractivity (Wildman–Crippen MR) is 142 cm³/mol. The van der Waals surface area contributed by atoms with Crippen LogP contribution < -0.4 is 4.90 Å². The van der Waals surface area contributed by atoms with Crippen LogP contribution in [0.1, 0.15) is 24.3 Å². The summed E-state index contributed by atoms with van der Waals surface area (Å²) in [6, 6.07) is 11.1. The zero-order valence-corrected chi connectivity index (χ0v) is 22.2. The summed E-state index contributed by atoms with van der Waals surface area (Å²) in [4.78, 5) is 55.0. The number of anilines is 1. The van der Waals surface area contributed by atoms with E-state index in [2.05, 4.69) is 15.9 Å². The van der Waals surface area contributed by atoms with Gasteiger partial charge in [0.15, 0.2) is 11.6 Å². The van der Waals surface area contributed by atoms with Crippen molar-refractivity contribution >= 4 is 68.2 Å². The number of phenols is 1. The third kappa shape index (κ3) is 3.67. The van der Waals surface area contributed by atoms with Gasteiger partial charge in [-0.3, -0.25) is 24.1 Å². The molecule has 6 nitrogen and oxygen atoms in total. The molecule has 0 aromatic heterocycles. The lowest BCUT2D eigenvalue weighted by atomic mass is 9.59. The van der Waals surface area contributed by atoms with Gasteiger partial charge < -0.3 is 5.11 Å². The van der Waals surface area contributed by atoms with Gasteiger partial charge in [-0.05, 0) is 77.2 Å². The Balaban J connectivity index is 1.50. The molecule has 1 saturated heterocycles. The lowest BCUT2D eigenvalue weighted by Gasteiger charge is -2.42. The Morgan fingerprint density at radius 1 is 0.919 bits per heavy atom. The first-order valence-corrected chi connectivity index (χ1v) is 13.2. The minimum absolute atomic E-state index is 0.0737. The van der Waals surface area contributed by atoms with Gasteiger partial charge in [-0.15, -0.1) is 0 Å². The maximum absolute atomic E-state index is 13.8.